The van der Waals surface area contributed by atoms with E-state index in [2.05, 4.69) is 38.2 Å². The van der Waals surface area contributed by atoms with Crippen LogP contribution in [-0.4, -0.2) is 43.2 Å². The van der Waals surface area contributed by atoms with Gasteiger partial charge in [-0.15, -0.1) is 0 Å². The van der Waals surface area contributed by atoms with Crippen molar-refractivity contribution in [3.05, 3.63) is 60.7 Å². The topological polar surface area (TPSA) is 65.7 Å². The van der Waals surface area contributed by atoms with Gasteiger partial charge in [0.2, 0.25) is 0 Å². The SMILES string of the molecule is C=C(C)CN=C(NCCc1ccco1)NC1CCN(c2ccccn2)CC1. The van der Waals surface area contributed by atoms with E-state index in [1.54, 1.807) is 6.26 Å². The summed E-state index contributed by atoms with van der Waals surface area (Å²) in [4.78, 5) is 11.4. The lowest BCUT2D eigenvalue weighted by atomic mass is 10.1. The van der Waals surface area contributed by atoms with Crippen LogP contribution >= 0.6 is 0 Å². The number of hydrogen-bond donors (Lipinski definition) is 2. The van der Waals surface area contributed by atoms with Gasteiger partial charge in [0.1, 0.15) is 11.6 Å². The van der Waals surface area contributed by atoms with E-state index in [4.69, 9.17) is 4.42 Å². The number of anilines is 1. The van der Waals surface area contributed by atoms with Crippen LogP contribution < -0.4 is 15.5 Å². The maximum Gasteiger partial charge on any atom is 0.191 e. The van der Waals surface area contributed by atoms with Crippen molar-refractivity contribution < 1.29 is 4.42 Å². The smallest absolute Gasteiger partial charge is 0.191 e. The van der Waals surface area contributed by atoms with Crippen molar-refractivity contribution in [2.75, 3.05) is 31.1 Å². The van der Waals surface area contributed by atoms with Crippen LogP contribution in [0.5, 0.6) is 0 Å². The molecule has 0 aromatic carbocycles. The molecular weight excluding hydrogens is 338 g/mol. The number of pyridine rings is 1. The van der Waals surface area contributed by atoms with Crippen LogP contribution in [0, 0.1) is 0 Å². The monoisotopic (exact) mass is 367 g/mol. The van der Waals surface area contributed by atoms with Gasteiger partial charge in [-0.2, -0.15) is 0 Å². The summed E-state index contributed by atoms with van der Waals surface area (Å²) in [5.74, 6) is 2.88. The van der Waals surface area contributed by atoms with Crippen molar-refractivity contribution in [1.82, 2.24) is 15.6 Å². The van der Waals surface area contributed by atoms with Gasteiger partial charge in [0.15, 0.2) is 5.96 Å². The van der Waals surface area contributed by atoms with Crippen molar-refractivity contribution in [2.24, 2.45) is 4.99 Å². The highest BCUT2D eigenvalue weighted by atomic mass is 16.3. The average Bonchev–Trinajstić information content (AvgIpc) is 3.21. The molecule has 6 heteroatoms. The van der Waals surface area contributed by atoms with E-state index in [0.717, 1.165) is 62.0 Å². The van der Waals surface area contributed by atoms with Crippen molar-refractivity contribution >= 4 is 11.8 Å². The van der Waals surface area contributed by atoms with E-state index in [-0.39, 0.29) is 0 Å². The molecule has 1 aliphatic rings. The molecule has 2 N–H and O–H groups in total. The summed E-state index contributed by atoms with van der Waals surface area (Å²) in [5.41, 5.74) is 1.05. The normalized spacial score (nSPS) is 15.6. The Morgan fingerprint density at radius 3 is 2.81 bits per heavy atom. The summed E-state index contributed by atoms with van der Waals surface area (Å²) in [5, 5.41) is 7.00. The number of guanidine groups is 1. The lowest BCUT2D eigenvalue weighted by molar-refractivity contribution is 0.458. The van der Waals surface area contributed by atoms with E-state index >= 15 is 0 Å². The van der Waals surface area contributed by atoms with E-state index in [0.29, 0.717) is 12.6 Å². The molecule has 27 heavy (non-hydrogen) atoms. The zero-order chi connectivity index (χ0) is 18.9. The van der Waals surface area contributed by atoms with Gasteiger partial charge in [0.05, 0.1) is 12.8 Å². The lowest BCUT2D eigenvalue weighted by Crippen LogP contribution is -2.49. The zero-order valence-corrected chi connectivity index (χ0v) is 16.0. The van der Waals surface area contributed by atoms with Crippen LogP contribution in [0.2, 0.25) is 0 Å². The number of nitrogens with zero attached hydrogens (tertiary/aromatic N) is 3. The number of nitrogens with one attached hydrogen (secondary N) is 2. The van der Waals surface area contributed by atoms with Crippen LogP contribution in [0.1, 0.15) is 25.5 Å². The summed E-state index contributed by atoms with van der Waals surface area (Å²) >= 11 is 0. The molecule has 6 nitrogen and oxygen atoms in total. The Bertz CT molecular complexity index is 718. The molecular formula is C21H29N5O. The van der Waals surface area contributed by atoms with Crippen molar-refractivity contribution in [3.63, 3.8) is 0 Å². The fourth-order valence-corrected chi connectivity index (χ4v) is 3.11. The number of furan rings is 1. The molecule has 144 valence electrons. The number of aromatic nitrogens is 1. The quantitative estimate of drug-likeness (QED) is 0.447. The Morgan fingerprint density at radius 1 is 1.30 bits per heavy atom. The highest BCUT2D eigenvalue weighted by Crippen LogP contribution is 2.17. The third-order valence-corrected chi connectivity index (χ3v) is 4.56. The van der Waals surface area contributed by atoms with Gasteiger partial charge >= 0.3 is 0 Å². The zero-order valence-electron chi connectivity index (χ0n) is 16.0. The molecule has 3 heterocycles. The van der Waals surface area contributed by atoms with Gasteiger partial charge in [-0.25, -0.2) is 9.98 Å². The van der Waals surface area contributed by atoms with E-state index < -0.39 is 0 Å². The van der Waals surface area contributed by atoms with E-state index in [1.807, 2.05) is 37.4 Å². The summed E-state index contributed by atoms with van der Waals surface area (Å²) in [6.07, 6.45) is 6.51. The summed E-state index contributed by atoms with van der Waals surface area (Å²) in [6.45, 7) is 9.34. The molecule has 1 fully saturated rings. The van der Waals surface area contributed by atoms with Crippen LogP contribution in [0.25, 0.3) is 0 Å². The second kappa shape index (κ2) is 9.80. The first-order chi connectivity index (χ1) is 13.2. The van der Waals surface area contributed by atoms with Crippen LogP contribution in [-0.2, 0) is 6.42 Å². The number of hydrogen-bond acceptors (Lipinski definition) is 4. The van der Waals surface area contributed by atoms with Crippen LogP contribution in [0.4, 0.5) is 5.82 Å². The Labute approximate surface area is 161 Å². The molecule has 0 unspecified atom stereocenters. The van der Waals surface area contributed by atoms with Gasteiger partial charge in [-0.3, -0.25) is 0 Å². The van der Waals surface area contributed by atoms with Crippen molar-refractivity contribution in [2.45, 2.75) is 32.2 Å². The highest BCUT2D eigenvalue weighted by Gasteiger charge is 2.20. The Balaban J connectivity index is 1.49. The van der Waals surface area contributed by atoms with Crippen LogP contribution in [0.15, 0.2) is 64.4 Å². The largest absolute Gasteiger partial charge is 0.469 e. The molecule has 1 saturated heterocycles. The fourth-order valence-electron chi connectivity index (χ4n) is 3.11. The first-order valence-electron chi connectivity index (χ1n) is 9.58. The summed E-state index contributed by atoms with van der Waals surface area (Å²) in [6, 6.07) is 10.4. The third-order valence-electron chi connectivity index (χ3n) is 4.56. The molecule has 0 amide bonds. The van der Waals surface area contributed by atoms with E-state index in [1.165, 1.54) is 0 Å². The molecule has 0 atom stereocenters. The van der Waals surface area contributed by atoms with Crippen molar-refractivity contribution in [1.29, 1.82) is 0 Å². The third kappa shape index (κ3) is 6.16. The molecule has 0 aliphatic carbocycles. The number of rotatable bonds is 7. The molecule has 0 radical (unpaired) electrons. The lowest BCUT2D eigenvalue weighted by Gasteiger charge is -2.33. The van der Waals surface area contributed by atoms with Crippen LogP contribution in [0.3, 0.4) is 0 Å². The second-order valence-corrected chi connectivity index (χ2v) is 6.97. The number of aliphatic imine (C=N–C) groups is 1. The van der Waals surface area contributed by atoms with Gasteiger partial charge in [0, 0.05) is 38.3 Å². The van der Waals surface area contributed by atoms with Gasteiger partial charge in [0.25, 0.3) is 0 Å². The van der Waals surface area contributed by atoms with E-state index in [9.17, 15) is 0 Å². The molecule has 0 bridgehead atoms. The minimum atomic E-state index is 0.407. The highest BCUT2D eigenvalue weighted by molar-refractivity contribution is 5.80. The average molecular weight is 367 g/mol. The molecule has 3 rings (SSSR count). The van der Waals surface area contributed by atoms with Gasteiger partial charge in [-0.05, 0) is 44.0 Å². The molecule has 2 aromatic rings. The molecule has 0 saturated carbocycles. The summed E-state index contributed by atoms with van der Waals surface area (Å²) < 4.78 is 5.39. The first kappa shape index (κ1) is 19.0. The Kier molecular flexibility index (Phi) is 6.90. The number of piperidine rings is 1. The second-order valence-electron chi connectivity index (χ2n) is 6.97. The van der Waals surface area contributed by atoms with Gasteiger partial charge in [-0.1, -0.05) is 18.2 Å². The summed E-state index contributed by atoms with van der Waals surface area (Å²) in [7, 11) is 0. The first-order valence-corrected chi connectivity index (χ1v) is 9.58. The predicted octanol–water partition coefficient (Wildman–Crippen LogP) is 3.00. The Morgan fingerprint density at radius 2 is 2.15 bits per heavy atom. The van der Waals surface area contributed by atoms with Crippen molar-refractivity contribution in [3.8, 4) is 0 Å². The minimum Gasteiger partial charge on any atom is -0.469 e. The molecule has 1 aliphatic heterocycles. The molecule has 2 aromatic heterocycles. The molecule has 0 spiro atoms. The minimum absolute atomic E-state index is 0.407. The van der Waals surface area contributed by atoms with Gasteiger partial charge < -0.3 is 20.0 Å². The maximum atomic E-state index is 5.39. The standard InChI is InChI=1S/C21H29N5O/c1-17(2)16-24-21(23-12-8-19-6-5-15-27-19)25-18-9-13-26(14-10-18)20-7-3-4-11-22-20/h3-7,11,15,18H,1,8-10,12-14,16H2,2H3,(H2,23,24,25). The fraction of sp³-hybridized carbons (Fsp3) is 0.429. The Hall–Kier alpha value is -2.76. The predicted molar refractivity (Wildman–Crippen MR) is 110 cm³/mol. The maximum absolute atomic E-state index is 5.39.